The van der Waals surface area contributed by atoms with Crippen molar-refractivity contribution >= 4 is 28.5 Å². The number of carboxylic acid groups (broad SMARTS) is 1. The lowest BCUT2D eigenvalue weighted by atomic mass is 10.1. The van der Waals surface area contributed by atoms with Crippen LogP contribution in [0.1, 0.15) is 0 Å². The number of fused-ring (bicyclic) bond motifs is 1. The lowest BCUT2D eigenvalue weighted by Crippen LogP contribution is -2.45. The summed E-state index contributed by atoms with van der Waals surface area (Å²) in [4.78, 5) is 26.4. The zero-order valence-electron chi connectivity index (χ0n) is 10.4. The third kappa shape index (κ3) is 3.01. The molecule has 0 radical (unpaired) electrons. The first kappa shape index (κ1) is 13.8. The third-order valence-corrected chi connectivity index (χ3v) is 2.72. The summed E-state index contributed by atoms with van der Waals surface area (Å²) >= 11 is 0. The van der Waals surface area contributed by atoms with Gasteiger partial charge in [-0.1, -0.05) is 12.1 Å². The number of carbonyl (C=O) groups excluding carboxylic acids is 1. The van der Waals surface area contributed by atoms with Crippen molar-refractivity contribution in [3.8, 4) is 0 Å². The van der Waals surface area contributed by atoms with Crippen molar-refractivity contribution in [2.24, 2.45) is 0 Å². The van der Waals surface area contributed by atoms with Gasteiger partial charge in [-0.3, -0.25) is 4.98 Å². The number of hydrogen-bond donors (Lipinski definition) is 4. The summed E-state index contributed by atoms with van der Waals surface area (Å²) in [6, 6.07) is 5.06. The maximum absolute atomic E-state index is 11.7. The lowest BCUT2D eigenvalue weighted by Gasteiger charge is -2.13. The fraction of sp³-hybridized carbons (Fsp3) is 0.154. The maximum Gasteiger partial charge on any atom is 0.328 e. The topological polar surface area (TPSA) is 112 Å². The molecule has 1 atom stereocenters. The fourth-order valence-corrected chi connectivity index (χ4v) is 1.72. The molecule has 2 rings (SSSR count). The number of nitrogens with zero attached hydrogens (tertiary/aromatic N) is 1. The molecule has 0 saturated heterocycles. The van der Waals surface area contributed by atoms with E-state index in [2.05, 4.69) is 15.6 Å². The van der Waals surface area contributed by atoms with E-state index in [1.165, 1.54) is 0 Å². The van der Waals surface area contributed by atoms with Crippen LogP contribution in [0.25, 0.3) is 10.8 Å². The molecular weight excluding hydrogens is 262 g/mol. The normalized spacial score (nSPS) is 11.8. The zero-order valence-corrected chi connectivity index (χ0v) is 10.4. The van der Waals surface area contributed by atoms with Crippen LogP contribution >= 0.6 is 0 Å². The summed E-state index contributed by atoms with van der Waals surface area (Å²) in [6.45, 7) is -0.681. The van der Waals surface area contributed by atoms with Crippen LogP contribution in [0, 0.1) is 0 Å². The number of aliphatic hydroxyl groups is 1. The predicted octanol–water partition coefficient (Wildman–Crippen LogP) is 0.802. The average Bonchev–Trinajstić information content (AvgIpc) is 2.45. The molecule has 1 aromatic heterocycles. The highest BCUT2D eigenvalue weighted by molar-refractivity contribution is 6.01. The van der Waals surface area contributed by atoms with E-state index >= 15 is 0 Å². The quantitative estimate of drug-likeness (QED) is 0.659. The Bertz CT molecular complexity index is 639. The fourth-order valence-electron chi connectivity index (χ4n) is 1.72. The Morgan fingerprint density at radius 2 is 2.10 bits per heavy atom. The predicted molar refractivity (Wildman–Crippen MR) is 72.4 cm³/mol. The zero-order chi connectivity index (χ0) is 14.5. The Hall–Kier alpha value is -2.67. The molecule has 4 N–H and O–H groups in total. The smallest absolute Gasteiger partial charge is 0.328 e. The Morgan fingerprint density at radius 1 is 1.30 bits per heavy atom. The highest BCUT2D eigenvalue weighted by atomic mass is 16.4. The number of aliphatic hydroxyl groups excluding tert-OH is 1. The van der Waals surface area contributed by atoms with E-state index in [-0.39, 0.29) is 0 Å². The maximum atomic E-state index is 11.7. The minimum Gasteiger partial charge on any atom is -0.480 e. The third-order valence-electron chi connectivity index (χ3n) is 2.72. The second-order valence-corrected chi connectivity index (χ2v) is 4.07. The molecule has 0 fully saturated rings. The number of aliphatic carboxylic acids is 1. The van der Waals surface area contributed by atoms with E-state index in [1.54, 1.807) is 30.6 Å². The van der Waals surface area contributed by atoms with E-state index in [4.69, 9.17) is 10.2 Å². The summed E-state index contributed by atoms with van der Waals surface area (Å²) in [6.07, 6.45) is 3.24. The number of carbonyl (C=O) groups is 2. The minimum absolute atomic E-state index is 0.509. The van der Waals surface area contributed by atoms with E-state index < -0.39 is 24.6 Å². The van der Waals surface area contributed by atoms with Crippen molar-refractivity contribution in [3.05, 3.63) is 36.7 Å². The first-order valence-corrected chi connectivity index (χ1v) is 5.85. The van der Waals surface area contributed by atoms with Crippen molar-refractivity contribution in [2.75, 3.05) is 11.9 Å². The molecule has 20 heavy (non-hydrogen) atoms. The number of amides is 2. The summed E-state index contributed by atoms with van der Waals surface area (Å²) in [5, 5.41) is 23.9. The van der Waals surface area contributed by atoms with Crippen molar-refractivity contribution in [3.63, 3.8) is 0 Å². The molecule has 7 nitrogen and oxygen atoms in total. The molecule has 2 aromatic rings. The van der Waals surface area contributed by atoms with Gasteiger partial charge >= 0.3 is 12.0 Å². The Labute approximate surface area is 114 Å². The van der Waals surface area contributed by atoms with Gasteiger partial charge in [0.2, 0.25) is 0 Å². The number of pyridine rings is 1. The molecule has 0 saturated carbocycles. The van der Waals surface area contributed by atoms with Gasteiger partial charge in [-0.2, -0.15) is 0 Å². The van der Waals surface area contributed by atoms with Crippen LogP contribution in [-0.2, 0) is 4.79 Å². The van der Waals surface area contributed by atoms with Crippen molar-refractivity contribution in [2.45, 2.75) is 6.04 Å². The van der Waals surface area contributed by atoms with Gasteiger partial charge in [0.1, 0.15) is 0 Å². The molecule has 2 amide bonds. The largest absolute Gasteiger partial charge is 0.480 e. The van der Waals surface area contributed by atoms with Crippen LogP contribution in [0.15, 0.2) is 36.7 Å². The molecule has 0 aliphatic heterocycles. The van der Waals surface area contributed by atoms with E-state index in [0.717, 1.165) is 10.8 Å². The number of benzene rings is 1. The molecule has 7 heteroatoms. The molecule has 1 aromatic carbocycles. The number of nitrogens with one attached hydrogen (secondary N) is 2. The van der Waals surface area contributed by atoms with Gasteiger partial charge in [-0.05, 0) is 17.5 Å². The highest BCUT2D eigenvalue weighted by Crippen LogP contribution is 2.21. The van der Waals surface area contributed by atoms with Crippen molar-refractivity contribution < 1.29 is 19.8 Å². The lowest BCUT2D eigenvalue weighted by molar-refractivity contribution is -0.140. The standard InChI is InChI=1S/C13H13N3O4/c17-7-11(12(18)19)16-13(20)15-10-3-1-2-8-4-5-14-6-9(8)10/h1-6,11,17H,7H2,(H,18,19)(H2,15,16,20). The number of urea groups is 1. The van der Waals surface area contributed by atoms with E-state index in [9.17, 15) is 9.59 Å². The Kier molecular flexibility index (Phi) is 4.11. The summed E-state index contributed by atoms with van der Waals surface area (Å²) in [5.74, 6) is -1.30. The molecule has 1 unspecified atom stereocenters. The first-order chi connectivity index (χ1) is 9.61. The van der Waals surface area contributed by atoms with Gasteiger partial charge in [0, 0.05) is 17.8 Å². The van der Waals surface area contributed by atoms with Gasteiger partial charge in [0.15, 0.2) is 6.04 Å². The van der Waals surface area contributed by atoms with Gasteiger partial charge in [0.25, 0.3) is 0 Å². The summed E-state index contributed by atoms with van der Waals surface area (Å²) in [5.41, 5.74) is 0.509. The van der Waals surface area contributed by atoms with Crippen LogP contribution in [0.4, 0.5) is 10.5 Å². The number of rotatable bonds is 4. The van der Waals surface area contributed by atoms with Crippen LogP contribution in [0.2, 0.25) is 0 Å². The molecule has 1 heterocycles. The summed E-state index contributed by atoms with van der Waals surface area (Å²) < 4.78 is 0. The second-order valence-electron chi connectivity index (χ2n) is 4.07. The van der Waals surface area contributed by atoms with Gasteiger partial charge in [0.05, 0.1) is 12.3 Å². The van der Waals surface area contributed by atoms with Crippen LogP contribution < -0.4 is 10.6 Å². The highest BCUT2D eigenvalue weighted by Gasteiger charge is 2.18. The summed E-state index contributed by atoms with van der Waals surface area (Å²) in [7, 11) is 0. The van der Waals surface area contributed by atoms with Gasteiger partial charge in [-0.25, -0.2) is 9.59 Å². The number of anilines is 1. The molecular formula is C13H13N3O4. The van der Waals surface area contributed by atoms with Crippen LogP contribution in [-0.4, -0.2) is 39.8 Å². The molecule has 0 bridgehead atoms. The molecule has 0 aliphatic carbocycles. The average molecular weight is 275 g/mol. The number of carboxylic acids is 1. The van der Waals surface area contributed by atoms with Gasteiger partial charge < -0.3 is 20.8 Å². The van der Waals surface area contributed by atoms with E-state index in [1.807, 2.05) is 6.07 Å². The van der Waals surface area contributed by atoms with E-state index in [0.29, 0.717) is 5.69 Å². The molecule has 0 aliphatic rings. The Morgan fingerprint density at radius 3 is 2.80 bits per heavy atom. The minimum atomic E-state index is -1.34. The molecule has 104 valence electrons. The SMILES string of the molecule is O=C(Nc1cccc2ccncc12)NC(CO)C(=O)O. The van der Waals surface area contributed by atoms with Crippen LogP contribution in [0.5, 0.6) is 0 Å². The van der Waals surface area contributed by atoms with Crippen molar-refractivity contribution in [1.82, 2.24) is 10.3 Å². The molecule has 0 spiro atoms. The van der Waals surface area contributed by atoms with Crippen LogP contribution in [0.3, 0.4) is 0 Å². The number of aromatic nitrogens is 1. The van der Waals surface area contributed by atoms with Gasteiger partial charge in [-0.15, -0.1) is 0 Å². The van der Waals surface area contributed by atoms with Crippen molar-refractivity contribution in [1.29, 1.82) is 0 Å². The first-order valence-electron chi connectivity index (χ1n) is 5.85. The monoisotopic (exact) mass is 275 g/mol. The number of hydrogen-bond acceptors (Lipinski definition) is 4. The Balaban J connectivity index is 2.16. The second kappa shape index (κ2) is 5.98.